The van der Waals surface area contributed by atoms with Gasteiger partial charge in [-0.15, -0.1) is 0 Å². The third kappa shape index (κ3) is 6.37. The van der Waals surface area contributed by atoms with Crippen molar-refractivity contribution in [3.8, 4) is 0 Å². The zero-order valence-corrected chi connectivity index (χ0v) is 12.8. The highest BCUT2D eigenvalue weighted by Gasteiger charge is 2.28. The molecule has 20 heavy (non-hydrogen) atoms. The lowest BCUT2D eigenvalue weighted by molar-refractivity contribution is -0.138. The zero-order chi connectivity index (χ0) is 15.3. The molecule has 0 heterocycles. The Morgan fingerprint density at radius 2 is 1.80 bits per heavy atom. The first-order valence-electron chi connectivity index (χ1n) is 7.45. The summed E-state index contributed by atoms with van der Waals surface area (Å²) in [6.07, 6.45) is 4.01. The second-order valence-corrected chi connectivity index (χ2v) is 7.18. The predicted octanol–water partition coefficient (Wildman–Crippen LogP) is 1.90. The van der Waals surface area contributed by atoms with Gasteiger partial charge in [0.2, 0.25) is 5.91 Å². The Labute approximate surface area is 121 Å². The Bertz CT molecular complexity index is 342. The molecule has 0 bridgehead atoms. The first-order chi connectivity index (χ1) is 9.17. The second kappa shape index (κ2) is 7.07. The van der Waals surface area contributed by atoms with Crippen molar-refractivity contribution >= 4 is 11.9 Å². The summed E-state index contributed by atoms with van der Waals surface area (Å²) in [7, 11) is 0. The van der Waals surface area contributed by atoms with Crippen LogP contribution in [0, 0.1) is 11.3 Å². The summed E-state index contributed by atoms with van der Waals surface area (Å²) in [5, 5.41) is 11.9. The van der Waals surface area contributed by atoms with Crippen LogP contribution in [0.4, 0.5) is 0 Å². The van der Waals surface area contributed by atoms with E-state index in [0.717, 1.165) is 25.7 Å². The molecule has 1 amide bonds. The number of hydrogen-bond donors (Lipinski definition) is 3. The molecule has 1 saturated carbocycles. The summed E-state index contributed by atoms with van der Waals surface area (Å²) in [5.41, 5.74) is 5.83. The van der Waals surface area contributed by atoms with Gasteiger partial charge in [-0.05, 0) is 37.5 Å². The Kier molecular flexibility index (Phi) is 5.99. The van der Waals surface area contributed by atoms with Crippen molar-refractivity contribution in [2.45, 2.75) is 71.4 Å². The van der Waals surface area contributed by atoms with E-state index in [0.29, 0.717) is 6.42 Å². The van der Waals surface area contributed by atoms with Gasteiger partial charge in [-0.1, -0.05) is 20.8 Å². The average molecular weight is 284 g/mol. The first kappa shape index (κ1) is 17.0. The van der Waals surface area contributed by atoms with E-state index >= 15 is 0 Å². The van der Waals surface area contributed by atoms with Crippen LogP contribution in [0.5, 0.6) is 0 Å². The molecule has 0 radical (unpaired) electrons. The molecular weight excluding hydrogens is 256 g/mol. The normalized spacial score (nSPS) is 25.0. The maximum atomic E-state index is 12.2. The van der Waals surface area contributed by atoms with Crippen LogP contribution in [0.25, 0.3) is 0 Å². The lowest BCUT2D eigenvalue weighted by Gasteiger charge is -2.29. The molecule has 4 N–H and O–H groups in total. The van der Waals surface area contributed by atoms with E-state index in [-0.39, 0.29) is 35.7 Å². The lowest BCUT2D eigenvalue weighted by Crippen LogP contribution is -2.43. The van der Waals surface area contributed by atoms with Crippen molar-refractivity contribution in [3.05, 3.63) is 0 Å². The molecule has 0 spiro atoms. The summed E-state index contributed by atoms with van der Waals surface area (Å²) in [5.74, 6) is -0.885. The average Bonchev–Trinajstić information content (AvgIpc) is 2.26. The Hall–Kier alpha value is -1.10. The smallest absolute Gasteiger partial charge is 0.305 e. The van der Waals surface area contributed by atoms with E-state index in [2.05, 4.69) is 5.32 Å². The van der Waals surface area contributed by atoms with E-state index in [4.69, 9.17) is 10.8 Å². The fourth-order valence-electron chi connectivity index (χ4n) is 2.82. The van der Waals surface area contributed by atoms with Gasteiger partial charge in [-0.25, -0.2) is 0 Å². The highest BCUT2D eigenvalue weighted by atomic mass is 16.4. The van der Waals surface area contributed by atoms with Gasteiger partial charge < -0.3 is 16.2 Å². The molecule has 5 heteroatoms. The molecule has 0 aromatic rings. The van der Waals surface area contributed by atoms with Crippen LogP contribution in [0.15, 0.2) is 0 Å². The zero-order valence-electron chi connectivity index (χ0n) is 12.8. The van der Waals surface area contributed by atoms with Crippen LogP contribution >= 0.6 is 0 Å². The summed E-state index contributed by atoms with van der Waals surface area (Å²) in [6.45, 7) is 6.15. The minimum Gasteiger partial charge on any atom is -0.481 e. The molecule has 1 aliphatic rings. The van der Waals surface area contributed by atoms with Crippen LogP contribution in [0.1, 0.15) is 59.3 Å². The summed E-state index contributed by atoms with van der Waals surface area (Å²) < 4.78 is 0. The Balaban J connectivity index is 2.55. The van der Waals surface area contributed by atoms with Gasteiger partial charge in [-0.2, -0.15) is 0 Å². The standard InChI is InChI=1S/C15H28N2O3/c1-15(2,3)9-12(8-13(18)19)17-14(20)10-4-6-11(16)7-5-10/h10-12H,4-9,16H2,1-3H3,(H,17,20)(H,18,19). The number of carboxylic acids is 1. The Morgan fingerprint density at radius 3 is 2.25 bits per heavy atom. The minimum absolute atomic E-state index is 0.00704. The van der Waals surface area contributed by atoms with Crippen LogP contribution < -0.4 is 11.1 Å². The number of carboxylic acid groups (broad SMARTS) is 1. The van der Waals surface area contributed by atoms with Crippen LogP contribution in [-0.4, -0.2) is 29.1 Å². The number of nitrogens with one attached hydrogen (secondary N) is 1. The minimum atomic E-state index is -0.870. The van der Waals surface area contributed by atoms with Crippen LogP contribution in [0.3, 0.4) is 0 Å². The number of rotatable bonds is 5. The number of hydrogen-bond acceptors (Lipinski definition) is 3. The van der Waals surface area contributed by atoms with Gasteiger partial charge in [0.25, 0.3) is 0 Å². The largest absolute Gasteiger partial charge is 0.481 e. The van der Waals surface area contributed by atoms with Gasteiger partial charge in [0.05, 0.1) is 6.42 Å². The highest BCUT2D eigenvalue weighted by Crippen LogP contribution is 2.25. The van der Waals surface area contributed by atoms with E-state index < -0.39 is 5.97 Å². The molecule has 1 aliphatic carbocycles. The number of carbonyl (C=O) groups is 2. The molecule has 0 saturated heterocycles. The van der Waals surface area contributed by atoms with Gasteiger partial charge in [-0.3, -0.25) is 9.59 Å². The van der Waals surface area contributed by atoms with Crippen molar-refractivity contribution in [2.24, 2.45) is 17.1 Å². The topological polar surface area (TPSA) is 92.4 Å². The van der Waals surface area contributed by atoms with Gasteiger partial charge >= 0.3 is 5.97 Å². The molecule has 116 valence electrons. The van der Waals surface area contributed by atoms with Gasteiger partial charge in [0.15, 0.2) is 0 Å². The van der Waals surface area contributed by atoms with Gasteiger partial charge in [0.1, 0.15) is 0 Å². The quantitative estimate of drug-likeness (QED) is 0.719. The van der Waals surface area contributed by atoms with E-state index in [1.807, 2.05) is 20.8 Å². The van der Waals surface area contributed by atoms with Crippen LogP contribution in [0.2, 0.25) is 0 Å². The molecule has 0 aromatic carbocycles. The third-order valence-corrected chi connectivity index (χ3v) is 3.77. The predicted molar refractivity (Wildman–Crippen MR) is 78.2 cm³/mol. The fraction of sp³-hybridized carbons (Fsp3) is 0.867. The molecule has 1 atom stereocenters. The SMILES string of the molecule is CC(C)(C)CC(CC(=O)O)NC(=O)C1CCC(N)CC1. The van der Waals surface area contributed by atoms with E-state index in [1.54, 1.807) is 0 Å². The Morgan fingerprint density at radius 1 is 1.25 bits per heavy atom. The maximum absolute atomic E-state index is 12.2. The number of aliphatic carboxylic acids is 1. The fourth-order valence-corrected chi connectivity index (χ4v) is 2.82. The number of nitrogens with two attached hydrogens (primary N) is 1. The first-order valence-corrected chi connectivity index (χ1v) is 7.45. The van der Waals surface area contributed by atoms with E-state index in [9.17, 15) is 9.59 Å². The van der Waals surface area contributed by atoms with Crippen molar-refractivity contribution < 1.29 is 14.7 Å². The summed E-state index contributed by atoms with van der Waals surface area (Å²) in [4.78, 5) is 23.2. The number of amides is 1. The molecule has 5 nitrogen and oxygen atoms in total. The number of carbonyl (C=O) groups excluding carboxylic acids is 1. The van der Waals surface area contributed by atoms with Crippen molar-refractivity contribution in [2.75, 3.05) is 0 Å². The molecule has 1 fully saturated rings. The molecule has 0 aromatic heterocycles. The lowest BCUT2D eigenvalue weighted by atomic mass is 9.84. The van der Waals surface area contributed by atoms with E-state index in [1.165, 1.54) is 0 Å². The van der Waals surface area contributed by atoms with Crippen molar-refractivity contribution in [1.82, 2.24) is 5.32 Å². The molecular formula is C15H28N2O3. The molecule has 1 rings (SSSR count). The maximum Gasteiger partial charge on any atom is 0.305 e. The third-order valence-electron chi connectivity index (χ3n) is 3.77. The van der Waals surface area contributed by atoms with Crippen molar-refractivity contribution in [1.29, 1.82) is 0 Å². The molecule has 0 aliphatic heterocycles. The van der Waals surface area contributed by atoms with Crippen LogP contribution in [-0.2, 0) is 9.59 Å². The van der Waals surface area contributed by atoms with Crippen molar-refractivity contribution in [3.63, 3.8) is 0 Å². The second-order valence-electron chi connectivity index (χ2n) is 7.18. The summed E-state index contributed by atoms with van der Waals surface area (Å²) in [6, 6.07) is -0.0842. The van der Waals surface area contributed by atoms with Gasteiger partial charge in [0, 0.05) is 18.0 Å². The monoisotopic (exact) mass is 284 g/mol. The molecule has 1 unspecified atom stereocenters. The summed E-state index contributed by atoms with van der Waals surface area (Å²) >= 11 is 0. The highest BCUT2D eigenvalue weighted by molar-refractivity contribution is 5.79.